The van der Waals surface area contributed by atoms with E-state index < -0.39 is 18.1 Å². The lowest BCUT2D eigenvalue weighted by atomic mass is 9.87. The van der Waals surface area contributed by atoms with Gasteiger partial charge in [0, 0.05) is 16.0 Å². The molecule has 0 bridgehead atoms. The molecular weight excluding hydrogens is 422 g/mol. The summed E-state index contributed by atoms with van der Waals surface area (Å²) in [5.41, 5.74) is 1.96. The third-order valence-electron chi connectivity index (χ3n) is 4.88. The molecule has 1 aromatic carbocycles. The number of hydrogen-bond donors (Lipinski definition) is 1. The molecule has 8 heteroatoms. The SMILES string of the molecule is CC(C)(C)c1nn(C(C)(C)C)c2c1C(c1cccc(Cl)c1)SCC(=O)N2CC(=O)O. The highest BCUT2D eigenvalue weighted by molar-refractivity contribution is 8.00. The summed E-state index contributed by atoms with van der Waals surface area (Å²) < 4.78 is 1.81. The molecule has 1 N–H and O–H groups in total. The molecular formula is C22H28ClN3O3S. The van der Waals surface area contributed by atoms with E-state index in [0.717, 1.165) is 16.8 Å². The summed E-state index contributed by atoms with van der Waals surface area (Å²) >= 11 is 7.77. The second kappa shape index (κ2) is 7.93. The predicted octanol–water partition coefficient (Wildman–Crippen LogP) is 4.84. The third kappa shape index (κ3) is 4.37. The van der Waals surface area contributed by atoms with Gasteiger partial charge in [-0.2, -0.15) is 5.10 Å². The van der Waals surface area contributed by atoms with Crippen LogP contribution in [0.2, 0.25) is 5.02 Å². The minimum atomic E-state index is -1.06. The number of halogens is 1. The summed E-state index contributed by atoms with van der Waals surface area (Å²) in [6.07, 6.45) is 0. The molecule has 1 aliphatic rings. The van der Waals surface area contributed by atoms with Gasteiger partial charge < -0.3 is 5.11 Å². The van der Waals surface area contributed by atoms with E-state index in [1.807, 2.05) is 49.7 Å². The number of carbonyl (C=O) groups excluding carboxylic acids is 1. The maximum atomic E-state index is 13.1. The number of benzene rings is 1. The molecule has 2 heterocycles. The zero-order chi connectivity index (χ0) is 22.4. The fourth-order valence-corrected chi connectivity index (χ4v) is 5.00. The van der Waals surface area contributed by atoms with E-state index in [-0.39, 0.29) is 22.3 Å². The molecule has 0 fully saturated rings. The Balaban J connectivity index is 2.39. The van der Waals surface area contributed by atoms with Crippen molar-refractivity contribution in [3.8, 4) is 0 Å². The topological polar surface area (TPSA) is 75.4 Å². The van der Waals surface area contributed by atoms with Crippen LogP contribution in [0.3, 0.4) is 0 Å². The van der Waals surface area contributed by atoms with Crippen LogP contribution < -0.4 is 4.90 Å². The predicted molar refractivity (Wildman–Crippen MR) is 122 cm³/mol. The summed E-state index contributed by atoms with van der Waals surface area (Å²) in [7, 11) is 0. The summed E-state index contributed by atoms with van der Waals surface area (Å²) in [6, 6.07) is 7.61. The number of aromatic nitrogens is 2. The highest BCUT2D eigenvalue weighted by atomic mass is 35.5. The molecule has 1 aliphatic heterocycles. The average Bonchev–Trinajstić information content (AvgIpc) is 2.95. The highest BCUT2D eigenvalue weighted by Gasteiger charge is 2.41. The molecule has 0 saturated carbocycles. The number of carboxylic acids is 1. The van der Waals surface area contributed by atoms with Gasteiger partial charge in [-0.25, -0.2) is 4.68 Å². The zero-order valence-electron chi connectivity index (χ0n) is 18.2. The number of nitrogens with zero attached hydrogens (tertiary/aromatic N) is 3. The van der Waals surface area contributed by atoms with Gasteiger partial charge in [-0.05, 0) is 38.5 Å². The van der Waals surface area contributed by atoms with Crippen LogP contribution in [0.4, 0.5) is 5.82 Å². The van der Waals surface area contributed by atoms with Gasteiger partial charge in [-0.1, -0.05) is 44.5 Å². The first-order valence-corrected chi connectivity index (χ1v) is 11.3. The number of anilines is 1. The van der Waals surface area contributed by atoms with Crippen LogP contribution in [-0.2, 0) is 20.5 Å². The molecule has 3 rings (SSSR count). The Hall–Kier alpha value is -1.99. The molecule has 0 spiro atoms. The molecule has 30 heavy (non-hydrogen) atoms. The molecule has 1 aromatic heterocycles. The van der Waals surface area contributed by atoms with Gasteiger partial charge >= 0.3 is 5.97 Å². The Morgan fingerprint density at radius 3 is 2.47 bits per heavy atom. The van der Waals surface area contributed by atoms with Crippen molar-refractivity contribution in [2.75, 3.05) is 17.2 Å². The first kappa shape index (κ1) is 22.7. The van der Waals surface area contributed by atoms with Gasteiger partial charge in [0.05, 0.1) is 22.2 Å². The number of aliphatic carboxylic acids is 1. The highest BCUT2D eigenvalue weighted by Crippen LogP contribution is 2.49. The summed E-state index contributed by atoms with van der Waals surface area (Å²) in [5.74, 6) is -0.555. The quantitative estimate of drug-likeness (QED) is 0.725. The number of rotatable bonds is 3. The molecule has 1 amide bonds. The number of carbonyl (C=O) groups is 2. The largest absolute Gasteiger partial charge is 0.480 e. The van der Waals surface area contributed by atoms with Gasteiger partial charge in [0.15, 0.2) is 0 Å². The summed E-state index contributed by atoms with van der Waals surface area (Å²) in [6.45, 7) is 11.8. The van der Waals surface area contributed by atoms with Gasteiger partial charge in [0.2, 0.25) is 5.91 Å². The van der Waals surface area contributed by atoms with Gasteiger partial charge in [-0.3, -0.25) is 14.5 Å². The molecule has 6 nitrogen and oxygen atoms in total. The molecule has 1 unspecified atom stereocenters. The first-order chi connectivity index (χ1) is 13.8. The Morgan fingerprint density at radius 1 is 1.27 bits per heavy atom. The molecule has 162 valence electrons. The van der Waals surface area contributed by atoms with Crippen molar-refractivity contribution in [2.24, 2.45) is 0 Å². The lowest BCUT2D eigenvalue weighted by molar-refractivity contribution is -0.136. The molecule has 1 atom stereocenters. The normalized spacial score (nSPS) is 17.6. The van der Waals surface area contributed by atoms with Crippen LogP contribution in [0.5, 0.6) is 0 Å². The van der Waals surface area contributed by atoms with Gasteiger partial charge in [-0.15, -0.1) is 11.8 Å². The Morgan fingerprint density at radius 2 is 1.93 bits per heavy atom. The lowest BCUT2D eigenvalue weighted by Crippen LogP contribution is -2.40. The van der Waals surface area contributed by atoms with Crippen LogP contribution in [0.15, 0.2) is 24.3 Å². The minimum absolute atomic E-state index is 0.173. The molecule has 0 aliphatic carbocycles. The van der Waals surface area contributed by atoms with Crippen LogP contribution in [0, 0.1) is 0 Å². The van der Waals surface area contributed by atoms with Crippen molar-refractivity contribution in [3.63, 3.8) is 0 Å². The second-order valence-corrected chi connectivity index (χ2v) is 11.1. The third-order valence-corrected chi connectivity index (χ3v) is 6.37. The van der Waals surface area contributed by atoms with Crippen molar-refractivity contribution in [3.05, 3.63) is 46.1 Å². The Bertz CT molecular complexity index is 988. The van der Waals surface area contributed by atoms with E-state index in [2.05, 4.69) is 20.8 Å². The Labute approximate surface area is 186 Å². The van der Waals surface area contributed by atoms with E-state index in [4.69, 9.17) is 16.7 Å². The van der Waals surface area contributed by atoms with E-state index in [1.54, 1.807) is 0 Å². The monoisotopic (exact) mass is 449 g/mol. The van der Waals surface area contributed by atoms with Crippen molar-refractivity contribution >= 4 is 41.1 Å². The molecule has 0 radical (unpaired) electrons. The van der Waals surface area contributed by atoms with Crippen molar-refractivity contribution in [1.29, 1.82) is 0 Å². The number of hydrogen-bond acceptors (Lipinski definition) is 4. The number of carboxylic acid groups (broad SMARTS) is 1. The fraction of sp³-hybridized carbons (Fsp3) is 0.500. The van der Waals surface area contributed by atoms with E-state index in [1.165, 1.54) is 16.7 Å². The zero-order valence-corrected chi connectivity index (χ0v) is 19.8. The van der Waals surface area contributed by atoms with Gasteiger partial charge in [0.1, 0.15) is 12.4 Å². The van der Waals surface area contributed by atoms with Crippen LogP contribution >= 0.6 is 23.4 Å². The van der Waals surface area contributed by atoms with E-state index in [0.29, 0.717) is 10.8 Å². The van der Waals surface area contributed by atoms with E-state index >= 15 is 0 Å². The summed E-state index contributed by atoms with van der Waals surface area (Å²) in [5, 5.41) is 14.9. The van der Waals surface area contributed by atoms with Crippen LogP contribution in [-0.4, -0.2) is 39.1 Å². The molecule has 2 aromatic rings. The minimum Gasteiger partial charge on any atom is -0.480 e. The lowest BCUT2D eigenvalue weighted by Gasteiger charge is -2.28. The van der Waals surface area contributed by atoms with Gasteiger partial charge in [0.25, 0.3) is 0 Å². The second-order valence-electron chi connectivity index (χ2n) is 9.54. The maximum absolute atomic E-state index is 13.1. The maximum Gasteiger partial charge on any atom is 0.323 e. The number of thioether (sulfide) groups is 1. The standard InChI is InChI=1S/C22H28ClN3O3S/c1-21(2,3)19-17-18(13-8-7-9-14(23)10-13)30-12-15(27)25(11-16(28)29)20(17)26(24-19)22(4,5)6/h7-10,18H,11-12H2,1-6H3,(H,28,29). The fourth-order valence-electron chi connectivity index (χ4n) is 3.61. The number of amides is 1. The van der Waals surface area contributed by atoms with Crippen molar-refractivity contribution in [2.45, 2.75) is 57.7 Å². The van der Waals surface area contributed by atoms with Crippen LogP contribution in [0.25, 0.3) is 0 Å². The smallest absolute Gasteiger partial charge is 0.323 e. The van der Waals surface area contributed by atoms with Crippen molar-refractivity contribution < 1.29 is 14.7 Å². The molecule has 0 saturated heterocycles. The van der Waals surface area contributed by atoms with Crippen molar-refractivity contribution in [1.82, 2.24) is 9.78 Å². The van der Waals surface area contributed by atoms with Crippen LogP contribution in [0.1, 0.15) is 63.6 Å². The first-order valence-electron chi connectivity index (χ1n) is 9.84. The van der Waals surface area contributed by atoms with E-state index in [9.17, 15) is 14.7 Å². The Kier molecular flexibility index (Phi) is 6.00. The number of fused-ring (bicyclic) bond motifs is 1. The average molecular weight is 450 g/mol. The summed E-state index contributed by atoms with van der Waals surface area (Å²) in [4.78, 5) is 26.1.